The topological polar surface area (TPSA) is 141 Å². The van der Waals surface area contributed by atoms with Crippen molar-refractivity contribution < 1.29 is 19.1 Å². The van der Waals surface area contributed by atoms with Crippen LogP contribution >= 0.6 is 11.8 Å². The molecule has 2 aromatic rings. The van der Waals surface area contributed by atoms with E-state index in [-0.39, 0.29) is 6.10 Å². The number of anilines is 1. The molecule has 212 valence electrons. The minimum Gasteiger partial charge on any atom is -0.444 e. The minimum atomic E-state index is -0.674. The number of nitrogens with two attached hydrogens (primary N) is 1. The van der Waals surface area contributed by atoms with Crippen LogP contribution in [0.2, 0.25) is 0 Å². The van der Waals surface area contributed by atoms with Crippen LogP contribution in [0.5, 0.6) is 0 Å². The zero-order valence-corrected chi connectivity index (χ0v) is 24.3. The monoisotopic (exact) mass is 563 g/mol. The number of nitrogens with zero attached hydrogens (tertiary/aromatic N) is 3. The third-order valence-electron chi connectivity index (χ3n) is 6.46. The summed E-state index contributed by atoms with van der Waals surface area (Å²) >= 11 is 1.25. The summed E-state index contributed by atoms with van der Waals surface area (Å²) in [5.41, 5.74) is 8.30. The number of thioether (sulfide) groups is 1. The number of rotatable bonds is 10. The van der Waals surface area contributed by atoms with E-state index >= 15 is 0 Å². The van der Waals surface area contributed by atoms with Crippen molar-refractivity contribution in [2.45, 2.75) is 68.8 Å². The van der Waals surface area contributed by atoms with Crippen LogP contribution < -0.4 is 16.0 Å². The van der Waals surface area contributed by atoms with E-state index in [4.69, 9.17) is 15.2 Å². The number of hydrogen-bond donors (Lipinski definition) is 2. The molecule has 1 heterocycles. The molecule has 0 spiro atoms. The Bertz CT molecular complexity index is 1270. The average Bonchev–Trinajstić information content (AvgIpc) is 2.92. The summed E-state index contributed by atoms with van der Waals surface area (Å²) in [6.07, 6.45) is 1.55. The van der Waals surface area contributed by atoms with Crippen molar-refractivity contribution in [3.63, 3.8) is 0 Å². The number of amides is 2. The molecule has 1 atom stereocenters. The van der Waals surface area contributed by atoms with Gasteiger partial charge in [-0.25, -0.2) is 4.79 Å². The molecule has 2 amide bonds. The number of benzene rings is 2. The molecular weight excluding hydrogens is 526 g/mol. The summed E-state index contributed by atoms with van der Waals surface area (Å²) in [5.74, 6) is -0.497. The molecule has 0 aliphatic carbocycles. The Morgan fingerprint density at radius 3 is 2.35 bits per heavy atom. The van der Waals surface area contributed by atoms with Crippen molar-refractivity contribution in [2.24, 2.45) is 5.73 Å². The van der Waals surface area contributed by atoms with Gasteiger partial charge in [0.15, 0.2) is 0 Å². The van der Waals surface area contributed by atoms with E-state index < -0.39 is 22.9 Å². The van der Waals surface area contributed by atoms with E-state index in [9.17, 15) is 20.1 Å². The Morgan fingerprint density at radius 2 is 1.80 bits per heavy atom. The van der Waals surface area contributed by atoms with Crippen molar-refractivity contribution >= 4 is 29.4 Å². The first-order valence-electron chi connectivity index (χ1n) is 13.4. The van der Waals surface area contributed by atoms with E-state index in [0.717, 1.165) is 24.1 Å². The molecule has 0 aromatic heterocycles. The number of hydrogen-bond acceptors (Lipinski definition) is 8. The average molecular weight is 564 g/mol. The van der Waals surface area contributed by atoms with E-state index in [1.54, 1.807) is 0 Å². The lowest BCUT2D eigenvalue weighted by molar-refractivity contribution is -0.117. The summed E-state index contributed by atoms with van der Waals surface area (Å²) in [6.45, 7) is 9.41. The van der Waals surface area contributed by atoms with E-state index in [2.05, 4.69) is 22.4 Å². The molecule has 1 fully saturated rings. The lowest BCUT2D eigenvalue weighted by Gasteiger charge is -2.35. The van der Waals surface area contributed by atoms with Crippen LogP contribution in [-0.2, 0) is 20.7 Å². The Morgan fingerprint density at radius 1 is 1.15 bits per heavy atom. The fourth-order valence-electron chi connectivity index (χ4n) is 4.64. The summed E-state index contributed by atoms with van der Waals surface area (Å²) in [5, 5.41) is 22.2. The van der Waals surface area contributed by atoms with Gasteiger partial charge in [-0.15, -0.1) is 11.8 Å². The number of piperidine rings is 1. The van der Waals surface area contributed by atoms with E-state index in [1.165, 1.54) is 11.8 Å². The van der Waals surface area contributed by atoms with Gasteiger partial charge >= 0.3 is 6.09 Å². The van der Waals surface area contributed by atoms with Gasteiger partial charge < -0.3 is 25.4 Å². The molecule has 3 rings (SSSR count). The number of carbonyl (C=O) groups is 2. The number of primary amides is 1. The number of nitrogens with one attached hydrogen (secondary N) is 1. The molecular formula is C30H37N5O4S. The standard InChI is InChI=1S/C30H37N5O4S/c1-5-22-23(18-31)25(17-26(24(22)19-32)40-27(28(33)36)20-9-7-6-8-10-20)35-14-11-21(12-15-35)38-16-13-34-29(37)39-30(2,3)4/h6-10,17,21,27H,5,11-16H2,1-4H3,(H2,33,36)(H,34,37). The van der Waals surface area contributed by atoms with Gasteiger partial charge in [0, 0.05) is 24.5 Å². The van der Waals surface area contributed by atoms with Crippen LogP contribution in [-0.4, -0.2) is 49.9 Å². The maximum atomic E-state index is 12.4. The summed E-state index contributed by atoms with van der Waals surface area (Å²) in [4.78, 5) is 27.0. The van der Waals surface area contributed by atoms with Crippen molar-refractivity contribution in [1.82, 2.24) is 5.32 Å². The summed E-state index contributed by atoms with van der Waals surface area (Å²) in [6, 6.07) is 15.7. The molecule has 1 aliphatic rings. The number of nitriles is 2. The maximum absolute atomic E-state index is 12.4. The van der Waals surface area contributed by atoms with Gasteiger partial charge in [-0.2, -0.15) is 10.5 Å². The van der Waals surface area contributed by atoms with Gasteiger partial charge in [0.25, 0.3) is 0 Å². The van der Waals surface area contributed by atoms with Crippen LogP contribution in [0.1, 0.15) is 68.0 Å². The number of ether oxygens (including phenoxy) is 2. The molecule has 0 radical (unpaired) electrons. The van der Waals surface area contributed by atoms with Gasteiger partial charge in [-0.1, -0.05) is 37.3 Å². The van der Waals surface area contributed by atoms with Crippen LogP contribution in [0.25, 0.3) is 0 Å². The first kappa shape index (κ1) is 30.8. The first-order valence-corrected chi connectivity index (χ1v) is 14.3. The van der Waals surface area contributed by atoms with E-state index in [1.807, 2.05) is 64.1 Å². The SMILES string of the molecule is CCc1c(C#N)c(SC(C(N)=O)c2ccccc2)cc(N2CCC(OCCNC(=O)OC(C)(C)C)CC2)c1C#N. The second kappa shape index (κ2) is 14.1. The minimum absolute atomic E-state index is 0.0254. The lowest BCUT2D eigenvalue weighted by atomic mass is 9.96. The molecule has 1 saturated heterocycles. The molecule has 40 heavy (non-hydrogen) atoms. The molecule has 0 saturated carbocycles. The Balaban J connectivity index is 1.74. The fourth-order valence-corrected chi connectivity index (χ4v) is 5.77. The highest BCUT2D eigenvalue weighted by Gasteiger charge is 2.28. The van der Waals surface area contributed by atoms with Crippen molar-refractivity contribution in [1.29, 1.82) is 10.5 Å². The van der Waals surface area contributed by atoms with Crippen LogP contribution in [0.4, 0.5) is 10.5 Å². The molecule has 1 unspecified atom stereocenters. The highest BCUT2D eigenvalue weighted by Crippen LogP contribution is 2.42. The zero-order valence-electron chi connectivity index (χ0n) is 23.5. The van der Waals surface area contributed by atoms with Crippen molar-refractivity contribution in [3.8, 4) is 12.1 Å². The molecule has 3 N–H and O–H groups in total. The second-order valence-corrected chi connectivity index (χ2v) is 11.6. The van der Waals surface area contributed by atoms with Crippen molar-refractivity contribution in [2.75, 3.05) is 31.1 Å². The molecule has 9 nitrogen and oxygen atoms in total. The zero-order chi connectivity index (χ0) is 29.3. The molecule has 1 aliphatic heterocycles. The second-order valence-electron chi connectivity index (χ2n) is 10.5. The molecule has 2 aromatic carbocycles. The van der Waals surface area contributed by atoms with Gasteiger partial charge in [-0.05, 0) is 57.2 Å². The summed E-state index contributed by atoms with van der Waals surface area (Å²) in [7, 11) is 0. The number of carbonyl (C=O) groups excluding carboxylic acids is 2. The predicted octanol–water partition coefficient (Wildman–Crippen LogP) is 4.82. The highest BCUT2D eigenvalue weighted by atomic mass is 32.2. The quantitative estimate of drug-likeness (QED) is 0.310. The molecule has 0 bridgehead atoms. The lowest BCUT2D eigenvalue weighted by Crippen LogP contribution is -2.39. The van der Waals surface area contributed by atoms with Gasteiger partial charge in [0.05, 0.1) is 29.5 Å². The van der Waals surface area contributed by atoms with E-state index in [0.29, 0.717) is 54.2 Å². The number of alkyl carbamates (subject to hydrolysis) is 1. The Kier molecular flexibility index (Phi) is 10.8. The highest BCUT2D eigenvalue weighted by molar-refractivity contribution is 8.00. The largest absolute Gasteiger partial charge is 0.444 e. The Hall–Kier alpha value is -3.73. The fraction of sp³-hybridized carbons (Fsp3) is 0.467. The van der Waals surface area contributed by atoms with Crippen LogP contribution in [0.15, 0.2) is 41.3 Å². The predicted molar refractivity (Wildman–Crippen MR) is 155 cm³/mol. The maximum Gasteiger partial charge on any atom is 0.407 e. The van der Waals surface area contributed by atoms with Gasteiger partial charge in [-0.3, -0.25) is 4.79 Å². The third-order valence-corrected chi connectivity index (χ3v) is 7.78. The van der Waals surface area contributed by atoms with Crippen LogP contribution in [0.3, 0.4) is 0 Å². The first-order chi connectivity index (χ1) is 19.1. The van der Waals surface area contributed by atoms with Crippen LogP contribution in [0, 0.1) is 22.7 Å². The van der Waals surface area contributed by atoms with Gasteiger partial charge in [0.1, 0.15) is 23.0 Å². The van der Waals surface area contributed by atoms with Gasteiger partial charge in [0.2, 0.25) is 5.91 Å². The van der Waals surface area contributed by atoms with Crippen molar-refractivity contribution in [3.05, 3.63) is 58.7 Å². The third kappa shape index (κ3) is 8.14. The summed E-state index contributed by atoms with van der Waals surface area (Å²) < 4.78 is 11.2. The normalized spacial score (nSPS) is 14.6. The molecule has 10 heteroatoms. The Labute approximate surface area is 240 Å². The smallest absolute Gasteiger partial charge is 0.407 e.